The van der Waals surface area contributed by atoms with Crippen molar-refractivity contribution in [1.29, 1.82) is 0 Å². The molecule has 3 nitrogen and oxygen atoms in total. The number of nitrogens with one attached hydrogen (secondary N) is 1. The Balaban J connectivity index is 2.10. The van der Waals surface area contributed by atoms with Gasteiger partial charge in [0.1, 0.15) is 11.5 Å². The number of hydrogen-bond donors (Lipinski definition) is 3. The Hall–Kier alpha value is -1.95. The average molecular weight is 297 g/mol. The summed E-state index contributed by atoms with van der Waals surface area (Å²) in [7, 11) is 0. The second kappa shape index (κ2) is 6.47. The van der Waals surface area contributed by atoms with Crippen LogP contribution < -0.4 is 5.32 Å². The molecule has 0 saturated heterocycles. The molecular weight excluding hydrogens is 284 g/mol. The summed E-state index contributed by atoms with van der Waals surface area (Å²) in [5.41, 5.74) is 1.14. The lowest BCUT2D eigenvalue weighted by atomic mass is 10.2. The molecule has 0 amide bonds. The van der Waals surface area contributed by atoms with Gasteiger partial charge in [-0.05, 0) is 24.3 Å². The molecule has 0 radical (unpaired) electrons. The minimum absolute atomic E-state index is 0.0279. The number of thioether (sulfide) groups is 1. The number of benzene rings is 2. The zero-order valence-electron chi connectivity index (χ0n) is 10.4. The van der Waals surface area contributed by atoms with E-state index in [2.05, 4.69) is 5.32 Å². The van der Waals surface area contributed by atoms with E-state index in [9.17, 15) is 19.0 Å². The first-order chi connectivity index (χ1) is 9.56. The number of halogens is 2. The van der Waals surface area contributed by atoms with Crippen molar-refractivity contribution >= 4 is 17.4 Å². The zero-order valence-corrected chi connectivity index (χ0v) is 11.2. The molecule has 2 rings (SSSR count). The van der Waals surface area contributed by atoms with Crippen molar-refractivity contribution in [2.45, 2.75) is 17.2 Å². The quantitative estimate of drug-likeness (QED) is 0.729. The molecule has 20 heavy (non-hydrogen) atoms. The van der Waals surface area contributed by atoms with Crippen molar-refractivity contribution in [2.75, 3.05) is 5.32 Å². The molecular formula is C14H13F2NO2S. The largest absolute Gasteiger partial charge is 0.508 e. The van der Waals surface area contributed by atoms with Crippen molar-refractivity contribution in [3.63, 3.8) is 0 Å². The van der Waals surface area contributed by atoms with Crippen LogP contribution in [0.2, 0.25) is 0 Å². The topological polar surface area (TPSA) is 52.5 Å². The fourth-order valence-corrected chi connectivity index (χ4v) is 2.32. The Kier molecular flexibility index (Phi) is 4.68. The number of hydrogen-bond acceptors (Lipinski definition) is 4. The van der Waals surface area contributed by atoms with Gasteiger partial charge in [0.15, 0.2) is 0 Å². The Labute approximate surface area is 119 Å². The van der Waals surface area contributed by atoms with Gasteiger partial charge in [-0.25, -0.2) is 0 Å². The molecule has 0 aliphatic carbocycles. The van der Waals surface area contributed by atoms with Crippen LogP contribution in [-0.2, 0) is 6.54 Å². The molecule has 0 heterocycles. The maximum atomic E-state index is 12.4. The highest BCUT2D eigenvalue weighted by atomic mass is 32.2. The zero-order chi connectivity index (χ0) is 14.5. The predicted octanol–water partition coefficient (Wildman–Crippen LogP) is 4.02. The van der Waals surface area contributed by atoms with Crippen LogP contribution >= 0.6 is 11.8 Å². The third kappa shape index (κ3) is 3.77. The van der Waals surface area contributed by atoms with Crippen LogP contribution in [0.4, 0.5) is 14.5 Å². The van der Waals surface area contributed by atoms with E-state index in [4.69, 9.17) is 0 Å². The molecule has 6 heteroatoms. The predicted molar refractivity (Wildman–Crippen MR) is 75.4 cm³/mol. The van der Waals surface area contributed by atoms with Gasteiger partial charge in [0.05, 0.1) is 0 Å². The first kappa shape index (κ1) is 14.5. The summed E-state index contributed by atoms with van der Waals surface area (Å²) in [5.74, 6) is -2.56. The molecule has 106 valence electrons. The van der Waals surface area contributed by atoms with E-state index in [0.29, 0.717) is 27.9 Å². The van der Waals surface area contributed by atoms with Crippen molar-refractivity contribution in [2.24, 2.45) is 0 Å². The molecule has 2 aromatic rings. The van der Waals surface area contributed by atoms with Crippen molar-refractivity contribution in [3.8, 4) is 11.5 Å². The normalized spacial score (nSPS) is 10.8. The Bertz CT molecular complexity index is 593. The highest BCUT2D eigenvalue weighted by Gasteiger charge is 2.10. The van der Waals surface area contributed by atoms with Crippen molar-refractivity contribution < 1.29 is 19.0 Å². The number of para-hydroxylation sites is 1. The molecule has 0 saturated carbocycles. The summed E-state index contributed by atoms with van der Waals surface area (Å²) >= 11 is 0.469. The number of alkyl halides is 2. The second-order valence-corrected chi connectivity index (χ2v) is 5.07. The third-order valence-electron chi connectivity index (χ3n) is 2.64. The summed E-state index contributed by atoms with van der Waals surface area (Å²) in [6, 6.07) is 11.0. The van der Waals surface area contributed by atoms with Crippen LogP contribution in [0, 0.1) is 0 Å². The number of anilines is 1. The molecule has 3 N–H and O–H groups in total. The summed E-state index contributed by atoms with van der Waals surface area (Å²) < 4.78 is 24.9. The Morgan fingerprint density at radius 2 is 1.85 bits per heavy atom. The van der Waals surface area contributed by atoms with E-state index in [1.807, 2.05) is 0 Å². The highest BCUT2D eigenvalue weighted by molar-refractivity contribution is 7.99. The number of phenolic OH excluding ortho intramolecular Hbond substituents is 2. The van der Waals surface area contributed by atoms with Gasteiger partial charge >= 0.3 is 0 Å². The lowest BCUT2D eigenvalue weighted by Crippen LogP contribution is -2.01. The van der Waals surface area contributed by atoms with Gasteiger partial charge in [0.25, 0.3) is 5.76 Å². The monoisotopic (exact) mass is 297 g/mol. The van der Waals surface area contributed by atoms with Gasteiger partial charge in [-0.1, -0.05) is 23.9 Å². The second-order valence-electron chi connectivity index (χ2n) is 4.04. The number of aromatic hydroxyl groups is 2. The summed E-state index contributed by atoms with van der Waals surface area (Å²) in [5, 5.41) is 21.9. The van der Waals surface area contributed by atoms with E-state index < -0.39 is 5.76 Å². The first-order valence-electron chi connectivity index (χ1n) is 5.85. The first-order valence-corrected chi connectivity index (χ1v) is 6.73. The third-order valence-corrected chi connectivity index (χ3v) is 3.43. The van der Waals surface area contributed by atoms with Gasteiger partial charge in [-0.15, -0.1) is 0 Å². The minimum Gasteiger partial charge on any atom is -0.508 e. The van der Waals surface area contributed by atoms with E-state index in [1.54, 1.807) is 30.3 Å². The summed E-state index contributed by atoms with van der Waals surface area (Å²) in [6.45, 7) is 0.271. The van der Waals surface area contributed by atoms with Crippen molar-refractivity contribution in [1.82, 2.24) is 0 Å². The lowest BCUT2D eigenvalue weighted by molar-refractivity contribution is 0.252. The van der Waals surface area contributed by atoms with Crippen LogP contribution in [-0.4, -0.2) is 16.0 Å². The summed E-state index contributed by atoms with van der Waals surface area (Å²) in [6.07, 6.45) is 0. The van der Waals surface area contributed by atoms with Gasteiger partial charge in [0, 0.05) is 28.8 Å². The number of rotatable bonds is 5. The fourth-order valence-electron chi connectivity index (χ4n) is 1.70. The highest BCUT2D eigenvalue weighted by Crippen LogP contribution is 2.32. The van der Waals surface area contributed by atoms with Crippen LogP contribution in [0.3, 0.4) is 0 Å². The van der Waals surface area contributed by atoms with E-state index in [1.165, 1.54) is 12.1 Å². The molecule has 0 fully saturated rings. The summed E-state index contributed by atoms with van der Waals surface area (Å²) in [4.78, 5) is 0.445. The maximum Gasteiger partial charge on any atom is 0.288 e. The SMILES string of the molecule is Oc1ccc(CNc2ccccc2SC(F)F)c(O)c1. The van der Waals surface area contributed by atoms with E-state index >= 15 is 0 Å². The lowest BCUT2D eigenvalue weighted by Gasteiger charge is -2.12. The van der Waals surface area contributed by atoms with Gasteiger partial charge in [-0.2, -0.15) is 8.78 Å². The Morgan fingerprint density at radius 3 is 2.55 bits per heavy atom. The maximum absolute atomic E-state index is 12.4. The molecule has 0 unspecified atom stereocenters. The standard InChI is InChI=1S/C14H13F2NO2S/c15-14(16)20-13-4-2-1-3-11(13)17-8-9-5-6-10(18)7-12(9)19/h1-7,14,17-19H,8H2. The minimum atomic E-state index is -2.49. The van der Waals surface area contributed by atoms with Gasteiger partial charge in [0.2, 0.25) is 0 Å². The van der Waals surface area contributed by atoms with Crippen LogP contribution in [0.1, 0.15) is 5.56 Å². The van der Waals surface area contributed by atoms with Crippen molar-refractivity contribution in [3.05, 3.63) is 48.0 Å². The molecule has 0 aliphatic rings. The molecule has 0 spiro atoms. The smallest absolute Gasteiger partial charge is 0.288 e. The van der Waals surface area contributed by atoms with E-state index in [0.717, 1.165) is 0 Å². The van der Waals surface area contributed by atoms with Crippen LogP contribution in [0.15, 0.2) is 47.4 Å². The average Bonchev–Trinajstić information content (AvgIpc) is 2.39. The van der Waals surface area contributed by atoms with Crippen LogP contribution in [0.25, 0.3) is 0 Å². The molecule has 0 aromatic heterocycles. The van der Waals surface area contributed by atoms with E-state index in [-0.39, 0.29) is 18.0 Å². The molecule has 2 aromatic carbocycles. The Morgan fingerprint density at radius 1 is 1.10 bits per heavy atom. The number of phenols is 2. The fraction of sp³-hybridized carbons (Fsp3) is 0.143. The molecule has 0 aliphatic heterocycles. The van der Waals surface area contributed by atoms with Gasteiger partial charge in [-0.3, -0.25) is 0 Å². The molecule has 0 atom stereocenters. The molecule has 0 bridgehead atoms. The van der Waals surface area contributed by atoms with Crippen LogP contribution in [0.5, 0.6) is 11.5 Å². The van der Waals surface area contributed by atoms with Gasteiger partial charge < -0.3 is 15.5 Å².